The number of fused-ring (bicyclic) bond motifs is 2. The minimum atomic E-state index is -1.12. The van der Waals surface area contributed by atoms with E-state index in [9.17, 15) is 38.4 Å². The topological polar surface area (TPSA) is 246 Å². The summed E-state index contributed by atoms with van der Waals surface area (Å²) in [6, 6.07) is 20.8. The number of amides is 10. The molecule has 20 heteroatoms. The number of nitrogens with one attached hydrogen (secondary N) is 7. The number of hydrogen-bond donors (Lipinski definition) is 7. The first kappa shape index (κ1) is 51.7. The maximum Gasteiger partial charge on any atom is 0.322 e. The first-order valence-electron chi connectivity index (χ1n) is 26.0. The summed E-state index contributed by atoms with van der Waals surface area (Å²) in [7, 11) is 3.24. The standard InChI is InChI=1S/C54H68N12O8/c1-31(55-3)47(67)61-43-29-63(25-23-37-19-21-45(65(37)51(43)71)49(69)59-41-27-39(41)33-11-7-5-8-12-33)53(73)57-35-15-17-36(18-16-35)58-54(74)64-26-24-38-20-22-46(50(70)60-42-28-40(42)34-13-9-6-10-14-34)66(38)52(72)44(30-64)62-48(68)32(2)56-4/h5-18,31-32,37-43,45-46,55-56H,19-30H2,1-4H3,(H,57,73)(H,58,74)(H,59,69)(H,60,70)(H,61,67)/t31-,32-,37+,38+,39-,40-,41-,42-,43-,45-,46-/m0/s1. The number of benzene rings is 3. The zero-order chi connectivity index (χ0) is 52.2. The SMILES string of the molecule is CN[C@@H](C)C(=O)N=C1CN(C(=O)Nc2ccc(NC(=O)N3CC[C@H]4CC[C@@H](C(=O)N[C@H]5C[C@H]5c5ccccc5)N4C(=O)[C@@H](NC(=O)[C@H](C)NC)C3)cc2)CC[C@H]2CC[C@@H](C(=O)N[C@H]3C[C@H]3c3ccccc3)N2C1=O. The van der Waals surface area contributed by atoms with E-state index in [1.54, 1.807) is 62.0 Å². The fourth-order valence-electron chi connectivity index (χ4n) is 10.9. The molecular formula is C54H68N12O8. The highest BCUT2D eigenvalue weighted by Crippen LogP contribution is 2.42. The molecule has 4 aliphatic heterocycles. The lowest BCUT2D eigenvalue weighted by Gasteiger charge is -2.39. The van der Waals surface area contributed by atoms with Crippen molar-refractivity contribution in [1.82, 2.24) is 46.2 Å². The number of carbonyl (C=O) groups excluding carboxylic acids is 8. The molecule has 392 valence electrons. The first-order chi connectivity index (χ1) is 35.7. The van der Waals surface area contributed by atoms with Gasteiger partial charge in [-0.3, -0.25) is 28.8 Å². The average Bonchev–Trinajstić information content (AvgIpc) is 4.27. The van der Waals surface area contributed by atoms with Gasteiger partial charge in [-0.05, 0) is 115 Å². The van der Waals surface area contributed by atoms with Crippen LogP contribution in [0.3, 0.4) is 0 Å². The minimum Gasteiger partial charge on any atom is -0.351 e. The molecule has 4 saturated heterocycles. The van der Waals surface area contributed by atoms with Crippen molar-refractivity contribution in [2.45, 2.75) is 131 Å². The molecule has 20 nitrogen and oxygen atoms in total. The Morgan fingerprint density at radius 2 is 1.07 bits per heavy atom. The highest BCUT2D eigenvalue weighted by atomic mass is 16.2. The Labute approximate surface area is 431 Å². The van der Waals surface area contributed by atoms with Gasteiger partial charge in [-0.1, -0.05) is 60.7 Å². The van der Waals surface area contributed by atoms with E-state index in [0.717, 1.165) is 24.0 Å². The molecule has 6 fully saturated rings. The number of urea groups is 2. The van der Waals surface area contributed by atoms with Crippen molar-refractivity contribution >= 4 is 64.6 Å². The molecule has 0 unspecified atom stereocenters. The maximum atomic E-state index is 14.5. The maximum absolute atomic E-state index is 14.5. The molecule has 6 aliphatic rings. The largest absolute Gasteiger partial charge is 0.351 e. The van der Waals surface area contributed by atoms with Crippen LogP contribution < -0.4 is 37.2 Å². The van der Waals surface area contributed by atoms with E-state index in [1.165, 1.54) is 9.80 Å². The Balaban J connectivity index is 0.828. The molecule has 3 aromatic carbocycles. The number of hydrogen-bond acceptors (Lipinski definition) is 10. The smallest absolute Gasteiger partial charge is 0.322 e. The monoisotopic (exact) mass is 1010 g/mol. The molecule has 7 N–H and O–H groups in total. The lowest BCUT2D eigenvalue weighted by Crippen LogP contribution is -2.62. The third-order valence-corrected chi connectivity index (χ3v) is 15.7. The molecule has 2 saturated carbocycles. The van der Waals surface area contributed by atoms with Crippen LogP contribution in [0.1, 0.15) is 88.2 Å². The molecule has 4 heterocycles. The van der Waals surface area contributed by atoms with E-state index in [1.807, 2.05) is 60.7 Å². The van der Waals surface area contributed by atoms with Gasteiger partial charge in [0.2, 0.25) is 23.6 Å². The van der Waals surface area contributed by atoms with Crippen molar-refractivity contribution in [3.63, 3.8) is 0 Å². The summed E-state index contributed by atoms with van der Waals surface area (Å²) in [4.78, 5) is 121. The van der Waals surface area contributed by atoms with Crippen LogP contribution in [0.2, 0.25) is 0 Å². The molecule has 0 spiro atoms. The lowest BCUT2D eigenvalue weighted by atomic mass is 10.1. The van der Waals surface area contributed by atoms with E-state index >= 15 is 0 Å². The molecular weight excluding hydrogens is 945 g/mol. The van der Waals surface area contributed by atoms with Gasteiger partial charge in [-0.15, -0.1) is 0 Å². The van der Waals surface area contributed by atoms with Crippen molar-refractivity contribution in [3.05, 3.63) is 96.1 Å². The van der Waals surface area contributed by atoms with Crippen molar-refractivity contribution in [2.75, 3.05) is 50.9 Å². The van der Waals surface area contributed by atoms with E-state index < -0.39 is 65.9 Å². The second-order valence-corrected chi connectivity index (χ2v) is 20.5. The number of likely N-dealkylation sites (N-methyl/N-ethyl adjacent to an activating group) is 2. The van der Waals surface area contributed by atoms with Crippen molar-refractivity contribution in [1.29, 1.82) is 0 Å². The third-order valence-electron chi connectivity index (χ3n) is 15.7. The summed E-state index contributed by atoms with van der Waals surface area (Å²) in [6.07, 6.45) is 4.48. The zero-order valence-electron chi connectivity index (χ0n) is 42.4. The normalized spacial score (nSPS) is 27.8. The first-order valence-corrected chi connectivity index (χ1v) is 26.0. The van der Waals surface area contributed by atoms with Gasteiger partial charge in [0.15, 0.2) is 0 Å². The predicted octanol–water partition coefficient (Wildman–Crippen LogP) is 2.89. The van der Waals surface area contributed by atoms with Crippen LogP contribution in [0.5, 0.6) is 0 Å². The van der Waals surface area contributed by atoms with Gasteiger partial charge in [0.05, 0.1) is 25.2 Å². The molecule has 2 aliphatic carbocycles. The number of aliphatic imine (C=N–C) groups is 1. The van der Waals surface area contributed by atoms with Gasteiger partial charge < -0.3 is 56.8 Å². The van der Waals surface area contributed by atoms with Gasteiger partial charge in [0.1, 0.15) is 23.8 Å². The summed E-state index contributed by atoms with van der Waals surface area (Å²) < 4.78 is 0. The minimum absolute atomic E-state index is 0.0175. The highest BCUT2D eigenvalue weighted by molar-refractivity contribution is 6.42. The summed E-state index contributed by atoms with van der Waals surface area (Å²) >= 11 is 0. The summed E-state index contributed by atoms with van der Waals surface area (Å²) in [5.74, 6) is -2.00. The van der Waals surface area contributed by atoms with Crippen LogP contribution in [0.25, 0.3) is 0 Å². The molecule has 0 bridgehead atoms. The number of carbonyl (C=O) groups is 8. The highest BCUT2D eigenvalue weighted by Gasteiger charge is 2.49. The van der Waals surface area contributed by atoms with E-state index in [-0.39, 0.29) is 79.7 Å². The Kier molecular flexibility index (Phi) is 15.7. The van der Waals surface area contributed by atoms with Crippen LogP contribution >= 0.6 is 0 Å². The molecule has 0 aromatic heterocycles. The van der Waals surface area contributed by atoms with Gasteiger partial charge in [-0.2, -0.15) is 0 Å². The van der Waals surface area contributed by atoms with Gasteiger partial charge in [0, 0.05) is 60.5 Å². The van der Waals surface area contributed by atoms with E-state index in [2.05, 4.69) is 42.2 Å². The van der Waals surface area contributed by atoms with Crippen LogP contribution in [0, 0.1) is 0 Å². The van der Waals surface area contributed by atoms with Crippen molar-refractivity contribution in [2.24, 2.45) is 4.99 Å². The molecule has 74 heavy (non-hydrogen) atoms. The van der Waals surface area contributed by atoms with Crippen LogP contribution in [0.15, 0.2) is 89.9 Å². The van der Waals surface area contributed by atoms with E-state index in [0.29, 0.717) is 49.9 Å². The molecule has 10 amide bonds. The second-order valence-electron chi connectivity index (χ2n) is 20.5. The van der Waals surface area contributed by atoms with Crippen molar-refractivity contribution < 1.29 is 38.4 Å². The van der Waals surface area contributed by atoms with Gasteiger partial charge >= 0.3 is 12.1 Å². The number of rotatable bonds is 13. The predicted molar refractivity (Wildman–Crippen MR) is 277 cm³/mol. The van der Waals surface area contributed by atoms with Gasteiger partial charge in [-0.25, -0.2) is 14.6 Å². The van der Waals surface area contributed by atoms with E-state index in [4.69, 9.17) is 0 Å². The molecule has 3 aromatic rings. The van der Waals surface area contributed by atoms with Crippen LogP contribution in [-0.2, 0) is 28.8 Å². The average molecular weight is 1010 g/mol. The lowest BCUT2D eigenvalue weighted by molar-refractivity contribution is -0.144. The molecule has 9 rings (SSSR count). The quantitative estimate of drug-likeness (QED) is 0.132. The Morgan fingerprint density at radius 1 is 0.581 bits per heavy atom. The fraction of sp³-hybridized carbons (Fsp3) is 0.500. The zero-order valence-corrected chi connectivity index (χ0v) is 42.4. The van der Waals surface area contributed by atoms with Crippen LogP contribution in [-0.4, -0.2) is 167 Å². The molecule has 0 radical (unpaired) electrons. The fourth-order valence-corrected chi connectivity index (χ4v) is 10.9. The molecule has 11 atom stereocenters. The summed E-state index contributed by atoms with van der Waals surface area (Å²) in [6.45, 7) is 3.35. The Bertz CT molecular complexity index is 2640. The summed E-state index contributed by atoms with van der Waals surface area (Å²) in [5, 5.41) is 20.7. The van der Waals surface area contributed by atoms with Crippen molar-refractivity contribution in [3.8, 4) is 0 Å². The second kappa shape index (κ2) is 22.5. The van der Waals surface area contributed by atoms with Gasteiger partial charge in [0.25, 0.3) is 11.8 Å². The third kappa shape index (κ3) is 11.6. The summed E-state index contributed by atoms with van der Waals surface area (Å²) in [5.41, 5.74) is 2.97. The Hall–Kier alpha value is -7.19. The van der Waals surface area contributed by atoms with Crippen LogP contribution in [0.4, 0.5) is 21.0 Å². The number of anilines is 2. The number of nitrogens with zero attached hydrogens (tertiary/aromatic N) is 5. The Morgan fingerprint density at radius 3 is 1.59 bits per heavy atom.